The van der Waals surface area contributed by atoms with Crippen molar-refractivity contribution in [2.75, 3.05) is 18.5 Å². The van der Waals surface area contributed by atoms with E-state index in [-0.39, 0.29) is 0 Å². The van der Waals surface area contributed by atoms with Gasteiger partial charge in [-0.05, 0) is 31.3 Å². The van der Waals surface area contributed by atoms with Gasteiger partial charge in [-0.3, -0.25) is 0 Å². The van der Waals surface area contributed by atoms with Crippen LogP contribution in [0.5, 0.6) is 5.75 Å². The SMILES string of the molecule is CCOc1cccc(NCC(O)c2c[nH]c(=S)[nH]2)c1. The van der Waals surface area contributed by atoms with Gasteiger partial charge < -0.3 is 25.1 Å². The Hall–Kier alpha value is -1.79. The first-order chi connectivity index (χ1) is 9.19. The second-order valence-electron chi connectivity index (χ2n) is 4.06. The molecule has 1 atom stereocenters. The summed E-state index contributed by atoms with van der Waals surface area (Å²) in [5, 5.41) is 13.1. The van der Waals surface area contributed by atoms with Gasteiger partial charge in [-0.2, -0.15) is 0 Å². The summed E-state index contributed by atoms with van der Waals surface area (Å²) in [6.07, 6.45) is 1.02. The lowest BCUT2D eigenvalue weighted by Gasteiger charge is -2.12. The zero-order valence-corrected chi connectivity index (χ0v) is 11.5. The van der Waals surface area contributed by atoms with Gasteiger partial charge in [0, 0.05) is 24.5 Å². The maximum absolute atomic E-state index is 9.98. The highest BCUT2D eigenvalue weighted by Crippen LogP contribution is 2.18. The molecule has 6 heteroatoms. The molecule has 0 aliphatic heterocycles. The zero-order chi connectivity index (χ0) is 13.7. The van der Waals surface area contributed by atoms with Crippen LogP contribution in [0.4, 0.5) is 5.69 Å². The van der Waals surface area contributed by atoms with Crippen LogP contribution in [0.15, 0.2) is 30.5 Å². The summed E-state index contributed by atoms with van der Waals surface area (Å²) in [6, 6.07) is 7.63. The number of imidazole rings is 1. The fraction of sp³-hybridized carbons (Fsp3) is 0.308. The number of nitrogens with one attached hydrogen (secondary N) is 3. The molecule has 0 aliphatic carbocycles. The summed E-state index contributed by atoms with van der Waals surface area (Å²) >= 11 is 4.92. The molecule has 1 unspecified atom stereocenters. The summed E-state index contributed by atoms with van der Waals surface area (Å²) in [6.45, 7) is 2.96. The Morgan fingerprint density at radius 2 is 2.32 bits per heavy atom. The Morgan fingerprint density at radius 1 is 1.47 bits per heavy atom. The van der Waals surface area contributed by atoms with Crippen LogP contribution in [-0.4, -0.2) is 28.2 Å². The number of H-pyrrole nitrogens is 2. The summed E-state index contributed by atoms with van der Waals surface area (Å²) in [4.78, 5) is 5.71. The Kier molecular flexibility index (Phi) is 4.59. The first kappa shape index (κ1) is 13.6. The third-order valence-electron chi connectivity index (χ3n) is 2.62. The number of aliphatic hydroxyl groups excluding tert-OH is 1. The molecule has 1 heterocycles. The van der Waals surface area contributed by atoms with Gasteiger partial charge in [-0.1, -0.05) is 6.07 Å². The van der Waals surface area contributed by atoms with E-state index in [2.05, 4.69) is 15.3 Å². The number of anilines is 1. The minimum Gasteiger partial charge on any atom is -0.494 e. The van der Waals surface area contributed by atoms with Crippen LogP contribution >= 0.6 is 12.2 Å². The van der Waals surface area contributed by atoms with E-state index in [1.807, 2.05) is 31.2 Å². The average molecular weight is 279 g/mol. The molecule has 2 aromatic rings. The van der Waals surface area contributed by atoms with Crippen LogP contribution < -0.4 is 10.1 Å². The molecule has 2 rings (SSSR count). The van der Waals surface area contributed by atoms with Crippen molar-refractivity contribution in [2.24, 2.45) is 0 Å². The first-order valence-electron chi connectivity index (χ1n) is 6.11. The largest absolute Gasteiger partial charge is 0.494 e. The van der Waals surface area contributed by atoms with E-state index in [1.54, 1.807) is 6.20 Å². The summed E-state index contributed by atoms with van der Waals surface area (Å²) in [5.41, 5.74) is 1.57. The van der Waals surface area contributed by atoms with Crippen molar-refractivity contribution >= 4 is 17.9 Å². The van der Waals surface area contributed by atoms with Crippen molar-refractivity contribution in [3.63, 3.8) is 0 Å². The number of aromatic amines is 2. The maximum Gasteiger partial charge on any atom is 0.174 e. The van der Waals surface area contributed by atoms with E-state index in [0.717, 1.165) is 11.4 Å². The van der Waals surface area contributed by atoms with Crippen molar-refractivity contribution in [3.05, 3.63) is 40.9 Å². The van der Waals surface area contributed by atoms with E-state index in [1.165, 1.54) is 0 Å². The van der Waals surface area contributed by atoms with E-state index in [9.17, 15) is 5.11 Å². The second-order valence-corrected chi connectivity index (χ2v) is 4.46. The van der Waals surface area contributed by atoms with Gasteiger partial charge in [0.05, 0.1) is 12.3 Å². The Morgan fingerprint density at radius 3 is 3.00 bits per heavy atom. The van der Waals surface area contributed by atoms with Gasteiger partial charge in [0.1, 0.15) is 11.9 Å². The molecule has 0 saturated carbocycles. The molecule has 1 aromatic heterocycles. The van der Waals surface area contributed by atoms with Crippen LogP contribution in [0.25, 0.3) is 0 Å². The van der Waals surface area contributed by atoms with E-state index in [0.29, 0.717) is 23.6 Å². The van der Waals surface area contributed by atoms with Gasteiger partial charge in [0.15, 0.2) is 4.77 Å². The molecule has 1 aromatic carbocycles. The van der Waals surface area contributed by atoms with Crippen LogP contribution in [-0.2, 0) is 0 Å². The molecule has 4 N–H and O–H groups in total. The Bertz CT molecular complexity index is 579. The van der Waals surface area contributed by atoms with Crippen molar-refractivity contribution in [3.8, 4) is 5.75 Å². The zero-order valence-electron chi connectivity index (χ0n) is 10.6. The fourth-order valence-electron chi connectivity index (χ4n) is 1.71. The number of rotatable bonds is 6. The van der Waals surface area contributed by atoms with Crippen LogP contribution in [0.1, 0.15) is 18.7 Å². The van der Waals surface area contributed by atoms with E-state index >= 15 is 0 Å². The highest BCUT2D eigenvalue weighted by atomic mass is 32.1. The minimum atomic E-state index is -0.649. The smallest absolute Gasteiger partial charge is 0.174 e. The monoisotopic (exact) mass is 279 g/mol. The lowest BCUT2D eigenvalue weighted by molar-refractivity contribution is 0.187. The topological polar surface area (TPSA) is 73.1 Å². The predicted octanol–water partition coefficient (Wildman–Crippen LogP) is 2.62. The predicted molar refractivity (Wildman–Crippen MR) is 77.0 cm³/mol. The summed E-state index contributed by atoms with van der Waals surface area (Å²) < 4.78 is 5.92. The van der Waals surface area contributed by atoms with Crippen LogP contribution in [0.3, 0.4) is 0 Å². The minimum absolute atomic E-state index is 0.388. The van der Waals surface area contributed by atoms with Crippen molar-refractivity contribution in [1.82, 2.24) is 9.97 Å². The number of hydrogen-bond donors (Lipinski definition) is 4. The number of ether oxygens (including phenoxy) is 1. The molecule has 0 aliphatic rings. The number of hydrogen-bond acceptors (Lipinski definition) is 4. The number of aliphatic hydroxyl groups is 1. The maximum atomic E-state index is 9.98. The summed E-state index contributed by atoms with van der Waals surface area (Å²) in [7, 11) is 0. The molecular weight excluding hydrogens is 262 g/mol. The van der Waals surface area contributed by atoms with Gasteiger partial charge in [0.25, 0.3) is 0 Å². The molecule has 0 saturated heterocycles. The molecule has 0 spiro atoms. The highest BCUT2D eigenvalue weighted by molar-refractivity contribution is 7.71. The van der Waals surface area contributed by atoms with E-state index in [4.69, 9.17) is 17.0 Å². The lowest BCUT2D eigenvalue weighted by Crippen LogP contribution is -2.12. The lowest BCUT2D eigenvalue weighted by atomic mass is 10.2. The first-order valence-corrected chi connectivity index (χ1v) is 6.52. The second kappa shape index (κ2) is 6.40. The normalized spacial score (nSPS) is 12.1. The van der Waals surface area contributed by atoms with Gasteiger partial charge in [0.2, 0.25) is 0 Å². The highest BCUT2D eigenvalue weighted by Gasteiger charge is 2.08. The molecule has 102 valence electrons. The van der Waals surface area contributed by atoms with Gasteiger partial charge in [-0.25, -0.2) is 0 Å². The molecule has 0 radical (unpaired) electrons. The van der Waals surface area contributed by atoms with Crippen LogP contribution in [0.2, 0.25) is 0 Å². The molecule has 5 nitrogen and oxygen atoms in total. The number of benzene rings is 1. The van der Waals surface area contributed by atoms with Crippen molar-refractivity contribution in [1.29, 1.82) is 0 Å². The molecule has 0 bridgehead atoms. The molecule has 0 amide bonds. The molecular formula is C13H17N3O2S. The standard InChI is InChI=1S/C13H17N3O2S/c1-2-18-10-5-3-4-9(6-10)14-8-12(17)11-7-15-13(19)16-11/h3-7,12,14,17H,2,8H2,1H3,(H2,15,16,19). The average Bonchev–Trinajstić information content (AvgIpc) is 2.84. The third-order valence-corrected chi connectivity index (χ3v) is 2.84. The fourth-order valence-corrected chi connectivity index (χ4v) is 1.89. The number of aromatic nitrogens is 2. The quantitative estimate of drug-likeness (QED) is 0.613. The molecule has 19 heavy (non-hydrogen) atoms. The van der Waals surface area contributed by atoms with Crippen LogP contribution in [0, 0.1) is 4.77 Å². The summed E-state index contributed by atoms with van der Waals surface area (Å²) in [5.74, 6) is 0.808. The molecule has 0 fully saturated rings. The van der Waals surface area contributed by atoms with Crippen molar-refractivity contribution < 1.29 is 9.84 Å². The van der Waals surface area contributed by atoms with E-state index < -0.39 is 6.10 Å². The van der Waals surface area contributed by atoms with Gasteiger partial charge >= 0.3 is 0 Å². The van der Waals surface area contributed by atoms with Gasteiger partial charge in [-0.15, -0.1) is 0 Å². The Labute approximate surface area is 116 Å². The van der Waals surface area contributed by atoms with Crippen molar-refractivity contribution in [2.45, 2.75) is 13.0 Å². The third kappa shape index (κ3) is 3.84. The Balaban J connectivity index is 1.94.